The van der Waals surface area contributed by atoms with E-state index in [1.165, 1.54) is 29.9 Å². The van der Waals surface area contributed by atoms with Gasteiger partial charge in [0.15, 0.2) is 0 Å². The maximum atomic E-state index is 14.9. The van der Waals surface area contributed by atoms with Crippen molar-refractivity contribution in [2.24, 2.45) is 5.92 Å². The lowest BCUT2D eigenvalue weighted by molar-refractivity contribution is -0.140. The second-order valence-corrected chi connectivity index (χ2v) is 21.6. The number of hydrogen-bond donors (Lipinski definition) is 3. The minimum Gasteiger partial charge on any atom is -0.459 e. The number of rotatable bonds is 10. The minimum absolute atomic E-state index is 0.0518. The van der Waals surface area contributed by atoms with Gasteiger partial charge in [0.25, 0.3) is 11.9 Å². The molecule has 0 bridgehead atoms. The van der Waals surface area contributed by atoms with Crippen LogP contribution >= 0.6 is 11.3 Å². The number of carbonyl (C=O) groups is 3. The number of anilines is 1. The topological polar surface area (TPSA) is 165 Å². The monoisotopic (exact) mass is 885 g/mol. The quantitative estimate of drug-likeness (QED) is 0.135. The number of nitrogens with one attached hydrogen (secondary N) is 3. The van der Waals surface area contributed by atoms with Crippen LogP contribution in [0.3, 0.4) is 0 Å². The average molecular weight is 886 g/mol. The van der Waals surface area contributed by atoms with E-state index in [9.17, 15) is 27.2 Å². The van der Waals surface area contributed by atoms with E-state index in [4.69, 9.17) is 14.7 Å². The fraction of sp³-hybridized carbons (Fsp3) is 0.543. The lowest BCUT2D eigenvalue weighted by Crippen LogP contribution is -2.58. The summed E-state index contributed by atoms with van der Waals surface area (Å²) in [4.78, 5) is 55.3. The van der Waals surface area contributed by atoms with Crippen LogP contribution in [-0.2, 0) is 24.4 Å². The van der Waals surface area contributed by atoms with Crippen LogP contribution in [0.25, 0.3) is 21.6 Å². The largest absolute Gasteiger partial charge is 0.459 e. The molecule has 3 N–H and O–H groups in total. The molecule has 0 radical (unpaired) electrons. The zero-order valence-electron chi connectivity index (χ0n) is 35.6. The summed E-state index contributed by atoms with van der Waals surface area (Å²) in [7, 11) is -3.99. The van der Waals surface area contributed by atoms with Gasteiger partial charge in [-0.1, -0.05) is 43.9 Å². The van der Waals surface area contributed by atoms with Gasteiger partial charge in [0.2, 0.25) is 21.8 Å². The Kier molecular flexibility index (Phi) is 11.4. The standard InChI is InChI=1S/C46H56FN7O6S2/c1-28(2)54-37-17-11-15-34(41-49-36(27-61-41)29-12-9-10-13-29)39(37)50-44(54)60-33-24-38-40(55)51-46(43(57)52-62(58,59)45(3)22-23-45)25-30(46)14-7-5-4-6-8-16-35(42(56)53(38)26-33)48-32-20-18-31(47)19-21-32/h7,11,14-15,17-21,27-30,33,35,38,48H,4-6,8-10,12-13,16,22-26H2,1-3H3,(H,51,55)(H,52,57)/b14-7-/t30-,33-,35+,38+,46-/m1/s1. The van der Waals surface area contributed by atoms with Gasteiger partial charge in [0, 0.05) is 40.9 Å². The van der Waals surface area contributed by atoms with Gasteiger partial charge in [-0.3, -0.25) is 23.7 Å². The Morgan fingerprint density at radius 3 is 2.52 bits per heavy atom. The molecular weight excluding hydrogens is 830 g/mol. The van der Waals surface area contributed by atoms with Gasteiger partial charge in [-0.25, -0.2) is 17.8 Å². The maximum absolute atomic E-state index is 14.9. The lowest BCUT2D eigenvalue weighted by atomic mass is 10.0. The molecule has 9 rings (SSSR count). The molecule has 4 heterocycles. The third kappa shape index (κ3) is 8.24. The molecule has 5 atom stereocenters. The first kappa shape index (κ1) is 42.5. The summed E-state index contributed by atoms with van der Waals surface area (Å²) in [5.74, 6) is -2.00. The second-order valence-electron chi connectivity index (χ2n) is 18.5. The predicted molar refractivity (Wildman–Crippen MR) is 237 cm³/mol. The molecule has 5 aliphatic rings. The van der Waals surface area contributed by atoms with Crippen LogP contribution in [0.5, 0.6) is 6.01 Å². The summed E-state index contributed by atoms with van der Waals surface area (Å²) in [6.07, 6.45) is 12.8. The smallest absolute Gasteiger partial charge is 0.297 e. The predicted octanol–water partition coefficient (Wildman–Crippen LogP) is 7.76. The summed E-state index contributed by atoms with van der Waals surface area (Å²) in [5, 5.41) is 9.36. The summed E-state index contributed by atoms with van der Waals surface area (Å²) < 4.78 is 50.6. The molecule has 0 unspecified atom stereocenters. The first-order valence-corrected chi connectivity index (χ1v) is 24.6. The summed E-state index contributed by atoms with van der Waals surface area (Å²) in [6, 6.07) is 10.4. The number of sulfonamides is 1. The number of nitrogens with zero attached hydrogens (tertiary/aromatic N) is 4. The highest BCUT2D eigenvalue weighted by Gasteiger charge is 2.63. The normalized spacial score (nSPS) is 27.2. The number of aromatic nitrogens is 3. The van der Waals surface area contributed by atoms with E-state index in [2.05, 4.69) is 34.6 Å². The van der Waals surface area contributed by atoms with E-state index >= 15 is 0 Å². The van der Waals surface area contributed by atoms with Gasteiger partial charge in [-0.2, -0.15) is 4.98 Å². The van der Waals surface area contributed by atoms with Crippen molar-refractivity contribution in [1.82, 2.24) is 29.5 Å². The number of amides is 3. The first-order valence-electron chi connectivity index (χ1n) is 22.3. The summed E-state index contributed by atoms with van der Waals surface area (Å²) in [6.45, 7) is 5.77. The van der Waals surface area contributed by atoms with Crippen molar-refractivity contribution in [3.63, 3.8) is 0 Å². The number of thiazole rings is 1. The molecule has 330 valence electrons. The third-order valence-corrected chi connectivity index (χ3v) is 16.7. The number of halogens is 1. The molecule has 16 heteroatoms. The molecule has 3 aliphatic carbocycles. The average Bonchev–Trinajstić information content (AvgIpc) is 3.73. The number of hydrogen-bond acceptors (Lipinski definition) is 10. The molecule has 3 amide bonds. The number of carbonyl (C=O) groups excluding carboxylic acids is 3. The van der Waals surface area contributed by atoms with Crippen molar-refractivity contribution < 1.29 is 31.9 Å². The zero-order valence-corrected chi connectivity index (χ0v) is 37.2. The Labute approximate surface area is 366 Å². The van der Waals surface area contributed by atoms with E-state index in [1.807, 2.05) is 34.9 Å². The Balaban J connectivity index is 1.04. The van der Waals surface area contributed by atoms with Crippen molar-refractivity contribution in [2.75, 3.05) is 11.9 Å². The van der Waals surface area contributed by atoms with Crippen LogP contribution in [0, 0.1) is 11.7 Å². The molecule has 2 aromatic heterocycles. The number of para-hydroxylation sites is 1. The molecular formula is C46H56FN7O6S2. The SMILES string of the molecule is CC(C)n1c(O[C@@H]2C[C@H]3C(=O)N[C@]4(C(=O)NS(=O)(=O)C5(C)CC5)C[C@H]4/C=C\CCCCC[C@H](Nc4ccc(F)cc4)C(=O)N3C2)nc2c(-c3nc(C4CCCC4)cs3)cccc21. The zero-order chi connectivity index (χ0) is 43.4. The highest BCUT2D eigenvalue weighted by Crippen LogP contribution is 2.48. The number of ether oxygens (including phenoxy) is 1. The second kappa shape index (κ2) is 16.7. The van der Waals surface area contributed by atoms with Crippen LogP contribution < -0.4 is 20.1 Å². The van der Waals surface area contributed by atoms with Crippen LogP contribution in [0.4, 0.5) is 10.1 Å². The first-order chi connectivity index (χ1) is 29.7. The Morgan fingerprint density at radius 2 is 1.77 bits per heavy atom. The molecule has 3 saturated carbocycles. The Bertz CT molecular complexity index is 2490. The van der Waals surface area contributed by atoms with E-state index in [0.717, 1.165) is 65.8 Å². The van der Waals surface area contributed by atoms with Crippen LogP contribution in [0.2, 0.25) is 0 Å². The molecule has 2 aromatic carbocycles. The Morgan fingerprint density at radius 1 is 1.02 bits per heavy atom. The summed E-state index contributed by atoms with van der Waals surface area (Å²) >= 11 is 1.62. The van der Waals surface area contributed by atoms with Gasteiger partial charge in [-0.15, -0.1) is 11.3 Å². The molecule has 1 saturated heterocycles. The number of fused-ring (bicyclic) bond motifs is 3. The highest BCUT2D eigenvalue weighted by molar-refractivity contribution is 7.91. The van der Waals surface area contributed by atoms with E-state index < -0.39 is 62.0 Å². The van der Waals surface area contributed by atoms with Gasteiger partial charge >= 0.3 is 0 Å². The number of benzene rings is 2. The van der Waals surface area contributed by atoms with Crippen molar-refractivity contribution >= 4 is 55.8 Å². The van der Waals surface area contributed by atoms with Gasteiger partial charge in [0.05, 0.1) is 22.5 Å². The molecule has 0 spiro atoms. The summed E-state index contributed by atoms with van der Waals surface area (Å²) in [5.41, 5.74) is 2.75. The molecule has 13 nitrogen and oxygen atoms in total. The number of imidazole rings is 1. The van der Waals surface area contributed by atoms with Crippen molar-refractivity contribution in [2.45, 2.75) is 145 Å². The minimum atomic E-state index is -3.99. The van der Waals surface area contributed by atoms with Crippen molar-refractivity contribution in [1.29, 1.82) is 0 Å². The molecule has 4 aromatic rings. The van der Waals surface area contributed by atoms with Gasteiger partial charge in [-0.05, 0) is 109 Å². The van der Waals surface area contributed by atoms with Gasteiger partial charge in [0.1, 0.15) is 40.1 Å². The van der Waals surface area contributed by atoms with Crippen LogP contribution in [-0.4, -0.2) is 80.6 Å². The van der Waals surface area contributed by atoms with Gasteiger partial charge < -0.3 is 20.3 Å². The maximum Gasteiger partial charge on any atom is 0.297 e. The fourth-order valence-corrected chi connectivity index (χ4v) is 11.8. The van der Waals surface area contributed by atoms with Crippen molar-refractivity contribution in [3.8, 4) is 16.6 Å². The van der Waals surface area contributed by atoms with Crippen LogP contribution in [0.1, 0.15) is 122 Å². The fourth-order valence-electron chi connectivity index (χ4n) is 9.51. The van der Waals surface area contributed by atoms with Crippen molar-refractivity contribution in [3.05, 3.63) is 71.5 Å². The van der Waals surface area contributed by atoms with E-state index in [0.29, 0.717) is 36.9 Å². The van der Waals surface area contributed by atoms with Crippen LogP contribution in [0.15, 0.2) is 60.0 Å². The number of allylic oxidation sites excluding steroid dienone is 1. The lowest BCUT2D eigenvalue weighted by Gasteiger charge is -2.30. The highest BCUT2D eigenvalue weighted by atomic mass is 32.2. The molecule has 4 fully saturated rings. The molecule has 2 aliphatic heterocycles. The molecule has 62 heavy (non-hydrogen) atoms. The van der Waals surface area contributed by atoms with E-state index in [-0.39, 0.29) is 31.3 Å². The van der Waals surface area contributed by atoms with E-state index in [1.54, 1.807) is 30.4 Å². The third-order valence-electron chi connectivity index (χ3n) is 13.7. The Hall–Kier alpha value is -4.83.